The van der Waals surface area contributed by atoms with Gasteiger partial charge in [-0.2, -0.15) is 0 Å². The van der Waals surface area contributed by atoms with Crippen molar-refractivity contribution < 1.29 is 4.39 Å². The van der Waals surface area contributed by atoms with Crippen LogP contribution in [0.3, 0.4) is 0 Å². The molecule has 1 N–H and O–H groups in total. The van der Waals surface area contributed by atoms with E-state index in [1.54, 1.807) is 10.6 Å². The van der Waals surface area contributed by atoms with Crippen molar-refractivity contribution in [1.82, 2.24) is 14.5 Å². The molecule has 2 aromatic rings. The van der Waals surface area contributed by atoms with Crippen LogP contribution in [0.1, 0.15) is 26.7 Å². The number of halogens is 1. The van der Waals surface area contributed by atoms with Crippen molar-refractivity contribution in [3.63, 3.8) is 0 Å². The summed E-state index contributed by atoms with van der Waals surface area (Å²) in [7, 11) is 0. The summed E-state index contributed by atoms with van der Waals surface area (Å²) in [6.45, 7) is 7.34. The van der Waals surface area contributed by atoms with Crippen LogP contribution in [-0.4, -0.2) is 33.6 Å². The van der Waals surface area contributed by atoms with Crippen LogP contribution in [0.15, 0.2) is 23.0 Å². The number of benzene rings is 1. The number of hydrogen-bond acceptors (Lipinski definition) is 2. The molecule has 0 saturated carbocycles. The number of imidazole rings is 1. The van der Waals surface area contributed by atoms with Crippen LogP contribution in [0, 0.1) is 11.7 Å². The number of aromatic nitrogens is 2. The molecule has 21 heavy (non-hydrogen) atoms. The first-order valence-corrected chi connectivity index (χ1v) is 7.66. The summed E-state index contributed by atoms with van der Waals surface area (Å²) >= 11 is 0. The Morgan fingerprint density at radius 2 is 2.05 bits per heavy atom. The Hall–Kier alpha value is -1.62. The maximum Gasteiger partial charge on any atom is 0.326 e. The fourth-order valence-electron chi connectivity index (χ4n) is 3.23. The minimum atomic E-state index is -0.318. The molecule has 5 heteroatoms. The maximum atomic E-state index is 13.2. The third kappa shape index (κ3) is 2.88. The molecule has 4 nitrogen and oxygen atoms in total. The van der Waals surface area contributed by atoms with Gasteiger partial charge in [0.05, 0.1) is 11.0 Å². The molecule has 1 saturated heterocycles. The highest BCUT2D eigenvalue weighted by Gasteiger charge is 2.22. The monoisotopic (exact) mass is 291 g/mol. The van der Waals surface area contributed by atoms with E-state index in [1.165, 1.54) is 12.1 Å². The average Bonchev–Trinajstić information content (AvgIpc) is 2.75. The molecule has 1 aliphatic rings. The van der Waals surface area contributed by atoms with E-state index in [4.69, 9.17) is 0 Å². The number of H-pyrrole nitrogens is 1. The topological polar surface area (TPSA) is 41.0 Å². The normalized spacial score (nSPS) is 17.9. The number of rotatable bonds is 3. The van der Waals surface area contributed by atoms with Crippen molar-refractivity contribution in [3.8, 4) is 0 Å². The van der Waals surface area contributed by atoms with Gasteiger partial charge in [-0.15, -0.1) is 0 Å². The van der Waals surface area contributed by atoms with E-state index in [0.717, 1.165) is 38.0 Å². The molecule has 1 aromatic heterocycles. The lowest BCUT2D eigenvalue weighted by molar-refractivity contribution is 0.142. The van der Waals surface area contributed by atoms with E-state index in [0.29, 0.717) is 17.5 Å². The van der Waals surface area contributed by atoms with E-state index < -0.39 is 0 Å². The lowest BCUT2D eigenvalue weighted by atomic mass is 9.96. The van der Waals surface area contributed by atoms with Gasteiger partial charge in [-0.3, -0.25) is 4.57 Å². The molecule has 1 aliphatic heterocycles. The van der Waals surface area contributed by atoms with Crippen LogP contribution >= 0.6 is 0 Å². The number of piperidine rings is 1. The van der Waals surface area contributed by atoms with E-state index >= 15 is 0 Å². The summed E-state index contributed by atoms with van der Waals surface area (Å²) in [4.78, 5) is 17.3. The molecular formula is C16H22FN3O. The number of hydrogen-bond donors (Lipinski definition) is 1. The van der Waals surface area contributed by atoms with E-state index in [1.807, 2.05) is 0 Å². The standard InChI is InChI=1S/C16H22FN3O/c1-11(2)19-7-5-12(6-8-19)10-20-15-4-3-13(17)9-14(15)18-16(20)21/h3-4,9,11-12H,5-8,10H2,1-2H3,(H,18,21). The quantitative estimate of drug-likeness (QED) is 0.944. The second-order valence-electron chi connectivity index (χ2n) is 6.28. The zero-order valence-electron chi connectivity index (χ0n) is 12.6. The largest absolute Gasteiger partial charge is 0.326 e. The molecule has 1 aromatic carbocycles. The predicted octanol–water partition coefficient (Wildman–Crippen LogP) is 2.59. The van der Waals surface area contributed by atoms with Crippen molar-refractivity contribution in [2.24, 2.45) is 5.92 Å². The van der Waals surface area contributed by atoms with Crippen molar-refractivity contribution in [2.45, 2.75) is 39.3 Å². The van der Waals surface area contributed by atoms with Crippen molar-refractivity contribution in [2.75, 3.05) is 13.1 Å². The number of likely N-dealkylation sites (tertiary alicyclic amines) is 1. The Morgan fingerprint density at radius 1 is 1.33 bits per heavy atom. The fraction of sp³-hybridized carbons (Fsp3) is 0.562. The van der Waals surface area contributed by atoms with Crippen molar-refractivity contribution >= 4 is 11.0 Å². The highest BCUT2D eigenvalue weighted by molar-refractivity contribution is 5.75. The van der Waals surface area contributed by atoms with Gasteiger partial charge in [0.2, 0.25) is 0 Å². The Bertz CT molecular complexity index is 680. The van der Waals surface area contributed by atoms with Crippen LogP contribution in [0.2, 0.25) is 0 Å². The second kappa shape index (κ2) is 5.64. The third-order valence-electron chi connectivity index (χ3n) is 4.56. The molecule has 0 spiro atoms. The number of nitrogens with zero attached hydrogens (tertiary/aromatic N) is 2. The number of fused-ring (bicyclic) bond motifs is 1. The average molecular weight is 291 g/mol. The second-order valence-corrected chi connectivity index (χ2v) is 6.28. The first-order chi connectivity index (χ1) is 10.0. The van der Waals surface area contributed by atoms with Gasteiger partial charge in [0.25, 0.3) is 0 Å². The predicted molar refractivity (Wildman–Crippen MR) is 81.9 cm³/mol. The van der Waals surface area contributed by atoms with Crippen molar-refractivity contribution in [1.29, 1.82) is 0 Å². The van der Waals surface area contributed by atoms with Gasteiger partial charge in [0.15, 0.2) is 0 Å². The van der Waals surface area contributed by atoms with E-state index in [9.17, 15) is 9.18 Å². The maximum absolute atomic E-state index is 13.2. The molecule has 114 valence electrons. The van der Waals surface area contributed by atoms with E-state index in [-0.39, 0.29) is 11.5 Å². The SMILES string of the molecule is CC(C)N1CCC(Cn2c(=O)[nH]c3cc(F)ccc32)CC1. The zero-order chi connectivity index (χ0) is 15.0. The van der Waals surface area contributed by atoms with Gasteiger partial charge >= 0.3 is 5.69 Å². The smallest absolute Gasteiger partial charge is 0.305 e. The summed E-state index contributed by atoms with van der Waals surface area (Å²) in [6, 6.07) is 5.07. The lowest BCUT2D eigenvalue weighted by Gasteiger charge is -2.34. The number of nitrogens with one attached hydrogen (secondary N) is 1. The van der Waals surface area contributed by atoms with Crippen LogP contribution in [-0.2, 0) is 6.54 Å². The Kier molecular flexibility index (Phi) is 3.85. The summed E-state index contributed by atoms with van der Waals surface area (Å²) < 4.78 is 15.0. The van der Waals surface area contributed by atoms with Crippen LogP contribution in [0.4, 0.5) is 4.39 Å². The van der Waals surface area contributed by atoms with Crippen LogP contribution in [0.5, 0.6) is 0 Å². The molecule has 0 unspecified atom stereocenters. The van der Waals surface area contributed by atoms with Crippen LogP contribution in [0.25, 0.3) is 11.0 Å². The first kappa shape index (κ1) is 14.3. The fourth-order valence-corrected chi connectivity index (χ4v) is 3.23. The van der Waals surface area contributed by atoms with E-state index in [2.05, 4.69) is 23.7 Å². The highest BCUT2D eigenvalue weighted by atomic mass is 19.1. The summed E-state index contributed by atoms with van der Waals surface area (Å²) in [6.07, 6.45) is 2.22. The molecule has 0 radical (unpaired) electrons. The Balaban J connectivity index is 1.77. The summed E-state index contributed by atoms with van der Waals surface area (Å²) in [5.74, 6) is 0.197. The first-order valence-electron chi connectivity index (χ1n) is 7.66. The molecule has 0 bridgehead atoms. The molecule has 0 aliphatic carbocycles. The Labute approximate surface area is 123 Å². The number of aromatic amines is 1. The third-order valence-corrected chi connectivity index (χ3v) is 4.56. The molecule has 1 fully saturated rings. The van der Waals surface area contributed by atoms with Gasteiger partial charge in [-0.25, -0.2) is 9.18 Å². The van der Waals surface area contributed by atoms with Gasteiger partial charge < -0.3 is 9.88 Å². The van der Waals surface area contributed by atoms with Gasteiger partial charge in [-0.05, 0) is 63.9 Å². The minimum absolute atomic E-state index is 0.137. The molecular weight excluding hydrogens is 269 g/mol. The molecule has 0 atom stereocenters. The highest BCUT2D eigenvalue weighted by Crippen LogP contribution is 2.22. The molecule has 0 amide bonds. The zero-order valence-corrected chi connectivity index (χ0v) is 12.6. The summed E-state index contributed by atoms with van der Waals surface area (Å²) in [5, 5.41) is 0. The van der Waals surface area contributed by atoms with Gasteiger partial charge in [-0.1, -0.05) is 0 Å². The van der Waals surface area contributed by atoms with Crippen molar-refractivity contribution in [3.05, 3.63) is 34.5 Å². The molecule has 3 rings (SSSR count). The lowest BCUT2D eigenvalue weighted by Crippen LogP contribution is -2.39. The van der Waals surface area contributed by atoms with Gasteiger partial charge in [0, 0.05) is 12.6 Å². The van der Waals surface area contributed by atoms with Gasteiger partial charge in [0.1, 0.15) is 5.82 Å². The molecule has 2 heterocycles. The summed E-state index contributed by atoms with van der Waals surface area (Å²) in [5.41, 5.74) is 1.24. The Morgan fingerprint density at radius 3 is 2.71 bits per heavy atom. The minimum Gasteiger partial charge on any atom is -0.305 e. The van der Waals surface area contributed by atoms with Crippen LogP contribution < -0.4 is 5.69 Å².